The van der Waals surface area contributed by atoms with Crippen LogP contribution in [0.25, 0.3) is 0 Å². The van der Waals surface area contributed by atoms with Crippen LogP contribution in [-0.4, -0.2) is 36.2 Å². The van der Waals surface area contributed by atoms with Crippen molar-refractivity contribution in [3.05, 3.63) is 64.8 Å². The molecule has 0 aromatic heterocycles. The van der Waals surface area contributed by atoms with E-state index in [1.807, 2.05) is 24.2 Å². The fourth-order valence-corrected chi connectivity index (χ4v) is 2.50. The predicted molar refractivity (Wildman–Crippen MR) is 108 cm³/mol. The van der Waals surface area contributed by atoms with Crippen LogP contribution in [0, 0.1) is 10.8 Å². The van der Waals surface area contributed by atoms with Gasteiger partial charge in [0.25, 0.3) is 0 Å². The number of esters is 1. The number of ether oxygens (including phenoxy) is 1. The van der Waals surface area contributed by atoms with Crippen molar-refractivity contribution in [3.63, 3.8) is 0 Å². The first-order chi connectivity index (χ1) is 12.4. The van der Waals surface area contributed by atoms with Crippen LogP contribution in [0.4, 0.5) is 0 Å². The fraction of sp³-hybridized carbons (Fsp3) is 0.400. The SMILES string of the molecule is B=CC(/C=C/C=C/C(N=O)C1(C)C=C(O)C(=O)O1)C/C(C)=C/C=C/CC. The Labute approximate surface area is 155 Å². The molecule has 26 heavy (non-hydrogen) atoms. The first-order valence-electron chi connectivity index (χ1n) is 8.63. The van der Waals surface area contributed by atoms with Gasteiger partial charge in [-0.05, 0) is 0 Å². The van der Waals surface area contributed by atoms with Crippen molar-refractivity contribution in [2.75, 3.05) is 0 Å². The van der Waals surface area contributed by atoms with Gasteiger partial charge in [0, 0.05) is 0 Å². The number of aliphatic hydroxyl groups excluding tert-OH is 1. The first kappa shape index (κ1) is 21.5. The number of carbonyl (C=O) groups excluding carboxylic acids is 1. The monoisotopic (exact) mass is 355 g/mol. The average Bonchev–Trinajstić information content (AvgIpc) is 2.86. The molecular weight excluding hydrogens is 329 g/mol. The molecule has 0 fully saturated rings. The molecule has 0 aromatic carbocycles. The number of rotatable bonds is 10. The molecule has 5 nitrogen and oxygen atoms in total. The van der Waals surface area contributed by atoms with Crippen molar-refractivity contribution >= 4 is 19.4 Å². The number of aliphatic hydroxyl groups is 1. The minimum absolute atomic E-state index is 0.164. The van der Waals surface area contributed by atoms with E-state index >= 15 is 0 Å². The van der Waals surface area contributed by atoms with E-state index in [1.54, 1.807) is 12.2 Å². The van der Waals surface area contributed by atoms with Crippen LogP contribution in [0.1, 0.15) is 33.6 Å². The third-order valence-corrected chi connectivity index (χ3v) is 4.02. The summed E-state index contributed by atoms with van der Waals surface area (Å²) in [6.45, 7) is 5.69. The molecule has 1 N–H and O–H groups in total. The van der Waals surface area contributed by atoms with Gasteiger partial charge >= 0.3 is 155 Å². The molecule has 0 amide bonds. The van der Waals surface area contributed by atoms with Crippen LogP contribution in [0.3, 0.4) is 0 Å². The quantitative estimate of drug-likeness (QED) is 0.281. The van der Waals surface area contributed by atoms with E-state index in [9.17, 15) is 14.8 Å². The topological polar surface area (TPSA) is 76.0 Å². The van der Waals surface area contributed by atoms with Gasteiger partial charge in [-0.25, -0.2) is 0 Å². The molecule has 1 heterocycles. The van der Waals surface area contributed by atoms with Crippen molar-refractivity contribution in [3.8, 4) is 0 Å². The second kappa shape index (κ2) is 10.5. The molecule has 138 valence electrons. The first-order valence-corrected chi connectivity index (χ1v) is 8.63. The van der Waals surface area contributed by atoms with Crippen LogP contribution >= 0.6 is 0 Å². The molecule has 0 bridgehead atoms. The maximum absolute atomic E-state index is 11.3. The molecule has 0 spiro atoms. The van der Waals surface area contributed by atoms with Crippen molar-refractivity contribution in [1.82, 2.24) is 0 Å². The second-order valence-electron chi connectivity index (χ2n) is 6.38. The van der Waals surface area contributed by atoms with Gasteiger partial charge in [0.2, 0.25) is 0 Å². The molecule has 3 unspecified atom stereocenters. The number of carbonyl (C=O) groups is 1. The molecular formula is C20H26BNO4. The molecule has 0 radical (unpaired) electrons. The van der Waals surface area contributed by atoms with Crippen molar-refractivity contribution in [2.45, 2.75) is 45.3 Å². The Kier molecular flexibility index (Phi) is 8.69. The van der Waals surface area contributed by atoms with Gasteiger partial charge in [0.1, 0.15) is 0 Å². The van der Waals surface area contributed by atoms with Gasteiger partial charge in [0.15, 0.2) is 0 Å². The number of hydrogen-bond acceptors (Lipinski definition) is 5. The molecule has 6 heteroatoms. The van der Waals surface area contributed by atoms with E-state index in [0.717, 1.165) is 12.8 Å². The summed E-state index contributed by atoms with van der Waals surface area (Å²) in [4.78, 5) is 22.4. The summed E-state index contributed by atoms with van der Waals surface area (Å²) >= 11 is 0. The van der Waals surface area contributed by atoms with Gasteiger partial charge < -0.3 is 0 Å². The average molecular weight is 355 g/mol. The summed E-state index contributed by atoms with van der Waals surface area (Å²) < 4.78 is 5.03. The fourth-order valence-electron chi connectivity index (χ4n) is 2.50. The van der Waals surface area contributed by atoms with Crippen molar-refractivity contribution < 1.29 is 14.6 Å². The zero-order valence-corrected chi connectivity index (χ0v) is 15.6. The third kappa shape index (κ3) is 6.43. The van der Waals surface area contributed by atoms with E-state index in [2.05, 4.69) is 38.7 Å². The number of nitroso groups, excluding NO2 is 1. The van der Waals surface area contributed by atoms with Crippen LogP contribution in [-0.2, 0) is 9.53 Å². The Balaban J connectivity index is 2.70. The van der Waals surface area contributed by atoms with Crippen molar-refractivity contribution in [2.24, 2.45) is 11.1 Å². The second-order valence-corrected chi connectivity index (χ2v) is 6.38. The van der Waals surface area contributed by atoms with Crippen LogP contribution < -0.4 is 0 Å². The third-order valence-electron chi connectivity index (χ3n) is 4.02. The number of hydrogen-bond donors (Lipinski definition) is 1. The molecule has 1 aliphatic heterocycles. The number of allylic oxidation sites excluding steroid dienone is 7. The Morgan fingerprint density at radius 3 is 2.62 bits per heavy atom. The number of nitrogens with zero attached hydrogens (tertiary/aromatic N) is 1. The Morgan fingerprint density at radius 1 is 1.38 bits per heavy atom. The van der Waals surface area contributed by atoms with Crippen molar-refractivity contribution in [1.29, 1.82) is 0 Å². The molecule has 0 aromatic rings. The summed E-state index contributed by atoms with van der Waals surface area (Å²) in [7, 11) is 3.85. The number of cyclic esters (lactones) is 1. The van der Waals surface area contributed by atoms with Gasteiger partial charge in [-0.2, -0.15) is 0 Å². The zero-order chi connectivity index (χ0) is 19.6. The Hall–Kier alpha value is -2.50. The van der Waals surface area contributed by atoms with Crippen LogP contribution in [0.2, 0.25) is 0 Å². The summed E-state index contributed by atoms with van der Waals surface area (Å²) in [5.74, 6) is 0.673. The summed E-state index contributed by atoms with van der Waals surface area (Å²) in [6, 6.07) is -0.927. The predicted octanol–water partition coefficient (Wildman–Crippen LogP) is 3.61. The minimum atomic E-state index is -1.27. The van der Waals surface area contributed by atoms with Crippen LogP contribution in [0.15, 0.2) is 65.1 Å². The van der Waals surface area contributed by atoms with Gasteiger partial charge in [0.05, 0.1) is 0 Å². The Bertz CT molecular complexity index is 675. The maximum atomic E-state index is 11.3. The Morgan fingerprint density at radius 2 is 2.08 bits per heavy atom. The molecule has 0 saturated heterocycles. The molecule has 0 aliphatic carbocycles. The van der Waals surface area contributed by atoms with E-state index in [1.165, 1.54) is 18.6 Å². The van der Waals surface area contributed by atoms with Gasteiger partial charge in [-0.15, -0.1) is 0 Å². The van der Waals surface area contributed by atoms with Gasteiger partial charge in [-0.1, -0.05) is 0 Å². The molecule has 0 saturated carbocycles. The zero-order valence-electron chi connectivity index (χ0n) is 15.6. The molecule has 1 aliphatic rings. The standard InChI is InChI=1S/C20H26BNO4/c1-4-5-6-9-15(2)12-16(14-21)10-7-8-11-18(22-25)20(3)13-17(23)19(24)26-20/h5-11,13-14,16,18,21,23H,4,12H2,1-3H3/b6-5+,10-7+,11-8+,15-9+. The summed E-state index contributed by atoms with van der Waals surface area (Å²) in [6.07, 6.45) is 16.3. The van der Waals surface area contributed by atoms with Gasteiger partial charge in [-0.3, -0.25) is 0 Å². The normalized spacial score (nSPS) is 23.4. The van der Waals surface area contributed by atoms with E-state index < -0.39 is 23.4 Å². The van der Waals surface area contributed by atoms with Crippen LogP contribution in [0.5, 0.6) is 0 Å². The van der Waals surface area contributed by atoms with E-state index in [0.29, 0.717) is 0 Å². The molecule has 1 rings (SSSR count). The summed E-state index contributed by atoms with van der Waals surface area (Å²) in [5, 5.41) is 12.4. The van der Waals surface area contributed by atoms with E-state index in [4.69, 9.17) is 4.74 Å². The molecule has 3 atom stereocenters. The van der Waals surface area contributed by atoms with E-state index in [-0.39, 0.29) is 5.92 Å². The summed E-state index contributed by atoms with van der Waals surface area (Å²) in [5.41, 5.74) is -0.0256.